The number of benzene rings is 1. The molecule has 0 saturated carbocycles. The van der Waals surface area contributed by atoms with Crippen molar-refractivity contribution in [1.82, 2.24) is 5.32 Å². The molecule has 1 saturated heterocycles. The molecular weight excluding hydrogens is 214 g/mol. The molecule has 0 aliphatic carbocycles. The second-order valence-corrected chi connectivity index (χ2v) is 3.87. The molecule has 2 rings (SSSR count). The number of hydrogen-bond donors (Lipinski definition) is 2. The van der Waals surface area contributed by atoms with Gasteiger partial charge >= 0.3 is 0 Å². The maximum Gasteiger partial charge on any atom is 0.291 e. The van der Waals surface area contributed by atoms with Crippen molar-refractivity contribution in [3.8, 4) is 0 Å². The van der Waals surface area contributed by atoms with Gasteiger partial charge in [-0.15, -0.1) is 0 Å². The summed E-state index contributed by atoms with van der Waals surface area (Å²) in [6.07, 6.45) is 0. The number of amides is 2. The van der Waals surface area contributed by atoms with Crippen LogP contribution >= 0.6 is 11.8 Å². The molecule has 2 N–H and O–H groups in total. The van der Waals surface area contributed by atoms with Crippen molar-refractivity contribution < 1.29 is 14.7 Å². The molecule has 1 aromatic carbocycles. The summed E-state index contributed by atoms with van der Waals surface area (Å²) in [4.78, 5) is 22.2. The van der Waals surface area contributed by atoms with Crippen LogP contribution in [0.4, 0.5) is 4.79 Å². The Labute approximate surface area is 90.0 Å². The number of aliphatic hydroxyl groups is 1. The van der Waals surface area contributed by atoms with Gasteiger partial charge in [0, 0.05) is 5.56 Å². The highest BCUT2D eigenvalue weighted by Crippen LogP contribution is 2.29. The third-order valence-corrected chi connectivity index (χ3v) is 2.75. The number of nitrogens with one attached hydrogen (secondary N) is 1. The zero-order valence-corrected chi connectivity index (χ0v) is 8.38. The van der Waals surface area contributed by atoms with Crippen molar-refractivity contribution >= 4 is 28.7 Å². The highest BCUT2D eigenvalue weighted by molar-refractivity contribution is 8.18. The fourth-order valence-electron chi connectivity index (χ4n) is 1.20. The van der Waals surface area contributed by atoms with E-state index in [0.717, 1.165) is 0 Å². The lowest BCUT2D eigenvalue weighted by Crippen LogP contribution is -2.18. The third-order valence-electron chi connectivity index (χ3n) is 1.88. The lowest BCUT2D eigenvalue weighted by atomic mass is 10.2. The summed E-state index contributed by atoms with van der Waals surface area (Å²) in [5.74, 6) is -0.713. The van der Waals surface area contributed by atoms with Crippen LogP contribution < -0.4 is 5.32 Å². The van der Waals surface area contributed by atoms with Gasteiger partial charge in [0.15, 0.2) is 0 Å². The highest BCUT2D eigenvalue weighted by Gasteiger charge is 2.29. The lowest BCUT2D eigenvalue weighted by Gasteiger charge is -2.00. The maximum absolute atomic E-state index is 11.2. The first-order valence-corrected chi connectivity index (χ1v) is 5.02. The van der Waals surface area contributed by atoms with E-state index >= 15 is 0 Å². The molecule has 1 aliphatic heterocycles. The van der Waals surface area contributed by atoms with Gasteiger partial charge in [-0.2, -0.15) is 0 Å². The van der Waals surface area contributed by atoms with Gasteiger partial charge in [0.2, 0.25) is 0 Å². The summed E-state index contributed by atoms with van der Waals surface area (Å²) in [7, 11) is 0. The summed E-state index contributed by atoms with van der Waals surface area (Å²) in [5.41, 5.74) is 0.518. The summed E-state index contributed by atoms with van der Waals surface area (Å²) < 4.78 is 0. The molecule has 15 heavy (non-hydrogen) atoms. The Balaban J connectivity index is 2.42. The van der Waals surface area contributed by atoms with Crippen molar-refractivity contribution in [2.24, 2.45) is 0 Å². The highest BCUT2D eigenvalue weighted by atomic mass is 32.2. The van der Waals surface area contributed by atoms with E-state index in [2.05, 4.69) is 5.32 Å². The van der Waals surface area contributed by atoms with E-state index in [1.54, 1.807) is 30.3 Å². The van der Waals surface area contributed by atoms with Crippen LogP contribution in [0.15, 0.2) is 35.2 Å². The third kappa shape index (κ3) is 1.87. The Morgan fingerprint density at radius 1 is 1.20 bits per heavy atom. The second-order valence-electron chi connectivity index (χ2n) is 2.89. The van der Waals surface area contributed by atoms with Crippen LogP contribution in [0.1, 0.15) is 5.56 Å². The van der Waals surface area contributed by atoms with Gasteiger partial charge in [-0.1, -0.05) is 30.3 Å². The molecule has 0 aromatic heterocycles. The van der Waals surface area contributed by atoms with Crippen LogP contribution in [0.2, 0.25) is 0 Å². The number of carbonyl (C=O) groups is 2. The molecule has 0 atom stereocenters. The van der Waals surface area contributed by atoms with E-state index in [1.807, 2.05) is 0 Å². The fraction of sp³-hybridized carbons (Fsp3) is 0. The van der Waals surface area contributed by atoms with Crippen molar-refractivity contribution in [2.75, 3.05) is 0 Å². The molecule has 1 heterocycles. The predicted octanol–water partition coefficient (Wildman–Crippen LogP) is 1.90. The number of imide groups is 1. The summed E-state index contributed by atoms with van der Waals surface area (Å²) in [6, 6.07) is 8.61. The zero-order valence-electron chi connectivity index (χ0n) is 7.56. The molecule has 1 aromatic rings. The molecule has 2 amide bonds. The average Bonchev–Trinajstić information content (AvgIpc) is 2.58. The predicted molar refractivity (Wildman–Crippen MR) is 57.1 cm³/mol. The van der Waals surface area contributed by atoms with Gasteiger partial charge in [-0.05, 0) is 11.8 Å². The second kappa shape index (κ2) is 3.78. The first kappa shape index (κ1) is 9.79. The first-order chi connectivity index (χ1) is 7.18. The van der Waals surface area contributed by atoms with Gasteiger partial charge in [0.05, 0.1) is 0 Å². The lowest BCUT2D eigenvalue weighted by molar-refractivity contribution is -0.115. The van der Waals surface area contributed by atoms with Crippen LogP contribution in [0.5, 0.6) is 0 Å². The van der Waals surface area contributed by atoms with E-state index in [1.165, 1.54) is 0 Å². The topological polar surface area (TPSA) is 66.4 Å². The summed E-state index contributed by atoms with van der Waals surface area (Å²) in [5, 5.41) is 11.4. The summed E-state index contributed by atoms with van der Waals surface area (Å²) >= 11 is 0.707. The number of thioether (sulfide) groups is 1. The standard InChI is InChI=1S/C10H7NO3S/c12-7(6-4-2-1-3-5-6)8-9(13)11-10(14)15-8/h1-5,12H,(H,11,13,14). The van der Waals surface area contributed by atoms with E-state index < -0.39 is 11.1 Å². The van der Waals surface area contributed by atoms with Crippen molar-refractivity contribution in [3.63, 3.8) is 0 Å². The van der Waals surface area contributed by atoms with Crippen molar-refractivity contribution in [1.29, 1.82) is 0 Å². The molecule has 5 heteroatoms. The Morgan fingerprint density at radius 3 is 2.40 bits per heavy atom. The number of hydrogen-bond acceptors (Lipinski definition) is 4. The van der Waals surface area contributed by atoms with Gasteiger partial charge in [0.25, 0.3) is 11.1 Å². The van der Waals surface area contributed by atoms with E-state index in [-0.39, 0.29) is 10.7 Å². The molecule has 0 spiro atoms. The molecular formula is C10H7NO3S. The Hall–Kier alpha value is -1.75. The fourth-order valence-corrected chi connectivity index (χ4v) is 1.88. The number of carbonyl (C=O) groups excluding carboxylic acids is 2. The quantitative estimate of drug-likeness (QED) is 0.561. The zero-order chi connectivity index (χ0) is 10.8. The molecule has 76 valence electrons. The minimum Gasteiger partial charge on any atom is -0.506 e. The Bertz CT molecular complexity index is 453. The molecule has 4 nitrogen and oxygen atoms in total. The van der Waals surface area contributed by atoms with E-state index in [9.17, 15) is 14.7 Å². The van der Waals surface area contributed by atoms with Gasteiger partial charge < -0.3 is 5.11 Å². The number of aliphatic hydroxyl groups excluding tert-OH is 1. The van der Waals surface area contributed by atoms with Crippen LogP contribution in [0.3, 0.4) is 0 Å². The molecule has 1 aliphatic rings. The van der Waals surface area contributed by atoms with Gasteiger partial charge in [-0.3, -0.25) is 14.9 Å². The van der Waals surface area contributed by atoms with Crippen LogP contribution in [0, 0.1) is 0 Å². The minimum absolute atomic E-state index is 0.0474. The van der Waals surface area contributed by atoms with Crippen LogP contribution in [-0.4, -0.2) is 16.3 Å². The maximum atomic E-state index is 11.2. The minimum atomic E-state index is -0.550. The Morgan fingerprint density at radius 2 is 1.87 bits per heavy atom. The average molecular weight is 221 g/mol. The normalized spacial score (nSPS) is 18.9. The largest absolute Gasteiger partial charge is 0.506 e. The van der Waals surface area contributed by atoms with E-state index in [0.29, 0.717) is 17.3 Å². The van der Waals surface area contributed by atoms with Gasteiger partial charge in [0.1, 0.15) is 10.7 Å². The number of rotatable bonds is 1. The SMILES string of the molecule is O=C1NC(=O)C(=C(O)c2ccccc2)S1. The molecule has 0 unspecified atom stereocenters. The summed E-state index contributed by atoms with van der Waals surface area (Å²) in [6.45, 7) is 0. The molecule has 0 radical (unpaired) electrons. The monoisotopic (exact) mass is 221 g/mol. The van der Waals surface area contributed by atoms with Crippen molar-refractivity contribution in [3.05, 3.63) is 40.8 Å². The van der Waals surface area contributed by atoms with Crippen LogP contribution in [0.25, 0.3) is 5.76 Å². The first-order valence-electron chi connectivity index (χ1n) is 4.20. The van der Waals surface area contributed by atoms with E-state index in [4.69, 9.17) is 0 Å². The van der Waals surface area contributed by atoms with Crippen LogP contribution in [-0.2, 0) is 4.79 Å². The molecule has 1 fully saturated rings. The smallest absolute Gasteiger partial charge is 0.291 e. The van der Waals surface area contributed by atoms with Gasteiger partial charge in [-0.25, -0.2) is 0 Å². The Kier molecular flexibility index (Phi) is 2.47. The molecule has 0 bridgehead atoms. The van der Waals surface area contributed by atoms with Crippen molar-refractivity contribution in [2.45, 2.75) is 0 Å².